The maximum atomic E-state index is 12.9. The molecule has 11 heteroatoms. The van der Waals surface area contributed by atoms with Crippen molar-refractivity contribution >= 4 is 35.4 Å². The van der Waals surface area contributed by atoms with Gasteiger partial charge in [0.05, 0.1) is 11.3 Å². The number of nitrogens with two attached hydrogens (primary N) is 1. The predicted molar refractivity (Wildman–Crippen MR) is 148 cm³/mol. The molecule has 2 aliphatic heterocycles. The summed E-state index contributed by atoms with van der Waals surface area (Å²) in [6, 6.07) is 17.1. The number of nitrogens with one attached hydrogen (secondary N) is 1. The fourth-order valence-electron chi connectivity index (χ4n) is 4.91. The molecular formula is C28H31N7O4. The predicted octanol–water partition coefficient (Wildman–Crippen LogP) is 2.07. The Hall–Kier alpha value is -4.35. The number of rotatable bonds is 10. The summed E-state index contributed by atoms with van der Waals surface area (Å²) in [5, 5.41) is 11.7. The molecule has 1 unspecified atom stereocenters. The highest BCUT2D eigenvalue weighted by Crippen LogP contribution is 2.37. The number of aliphatic imine (C=N–C) groups is 1. The topological polar surface area (TPSA) is 146 Å². The molecule has 5 rings (SSSR count). The number of amides is 1. The number of nitrogens with zero attached hydrogens (tertiary/aromatic N) is 5. The number of carboxylic acid groups (broad SMARTS) is 1. The van der Waals surface area contributed by atoms with E-state index in [-0.39, 0.29) is 11.9 Å². The minimum absolute atomic E-state index is 0.0534. The minimum atomic E-state index is -1.06. The second-order valence-corrected chi connectivity index (χ2v) is 9.62. The first-order valence-electron chi connectivity index (χ1n) is 12.9. The lowest BCUT2D eigenvalue weighted by molar-refractivity contribution is -0.139. The van der Waals surface area contributed by atoms with Gasteiger partial charge in [-0.1, -0.05) is 36.4 Å². The number of aliphatic carboxylic acids is 1. The standard InChI is InChI=1S/C28H31N7O4/c29-20(13-19-5-2-1-3-6-19)16-34-9-11-35(12-10-34)27-25-23(28(38)33-26(25)31-18-32-27)15-30-21-7-4-8-22(14-21)39-17-24(36)37/h1-8,14-15,18,20,23H,9-13,16-17,29H2,(H,36,37)(H,31,32,33,38)/t20-,23?/m1/s1. The Morgan fingerprint density at radius 2 is 1.95 bits per heavy atom. The van der Waals surface area contributed by atoms with Gasteiger partial charge in [0.15, 0.2) is 6.61 Å². The van der Waals surface area contributed by atoms with Crippen LogP contribution in [0.1, 0.15) is 17.0 Å². The van der Waals surface area contributed by atoms with Crippen LogP contribution < -0.4 is 20.7 Å². The van der Waals surface area contributed by atoms with Crippen LogP contribution in [0.25, 0.3) is 0 Å². The van der Waals surface area contributed by atoms with Crippen LogP contribution in [0.15, 0.2) is 65.9 Å². The second-order valence-electron chi connectivity index (χ2n) is 9.62. The SMILES string of the molecule is N[C@H](Cc1ccccc1)CN1CCN(c2ncnc3c2C(C=Nc2cccc(OCC(=O)O)c2)C(=O)N3)CC1. The van der Waals surface area contributed by atoms with E-state index in [4.69, 9.17) is 15.6 Å². The number of fused-ring (bicyclic) bond motifs is 1. The molecule has 0 radical (unpaired) electrons. The van der Waals surface area contributed by atoms with E-state index in [2.05, 4.69) is 42.2 Å². The lowest BCUT2D eigenvalue weighted by Gasteiger charge is -2.37. The van der Waals surface area contributed by atoms with Crippen LogP contribution in [0, 0.1) is 0 Å². The summed E-state index contributed by atoms with van der Waals surface area (Å²) in [4.78, 5) is 41.5. The number of carboxylic acids is 1. The lowest BCUT2D eigenvalue weighted by atomic mass is 10.0. The van der Waals surface area contributed by atoms with E-state index in [9.17, 15) is 9.59 Å². The molecule has 0 bridgehead atoms. The van der Waals surface area contributed by atoms with E-state index >= 15 is 0 Å². The van der Waals surface area contributed by atoms with Gasteiger partial charge in [-0.2, -0.15) is 0 Å². The van der Waals surface area contributed by atoms with Crippen LogP contribution in [-0.2, 0) is 16.0 Å². The van der Waals surface area contributed by atoms with Gasteiger partial charge in [0.1, 0.15) is 29.6 Å². The average molecular weight is 530 g/mol. The molecule has 0 spiro atoms. The van der Waals surface area contributed by atoms with Crippen LogP contribution in [0.2, 0.25) is 0 Å². The third-order valence-electron chi connectivity index (χ3n) is 6.76. The van der Waals surface area contributed by atoms with Gasteiger partial charge < -0.3 is 25.8 Å². The van der Waals surface area contributed by atoms with Crippen molar-refractivity contribution in [3.05, 3.63) is 72.1 Å². The Morgan fingerprint density at radius 1 is 1.15 bits per heavy atom. The molecule has 4 N–H and O–H groups in total. The monoisotopic (exact) mass is 529 g/mol. The summed E-state index contributed by atoms with van der Waals surface area (Å²) < 4.78 is 5.23. The van der Waals surface area contributed by atoms with E-state index < -0.39 is 18.5 Å². The highest BCUT2D eigenvalue weighted by atomic mass is 16.5. The Labute approximate surface area is 226 Å². The average Bonchev–Trinajstić information content (AvgIpc) is 3.27. The number of carbonyl (C=O) groups is 2. The normalized spacial score (nSPS) is 18.1. The summed E-state index contributed by atoms with van der Waals surface area (Å²) in [6.45, 7) is 3.55. The molecule has 2 aliphatic rings. The number of carbonyl (C=O) groups excluding carboxylic acids is 1. The molecule has 1 fully saturated rings. The number of piperazine rings is 1. The molecule has 2 aromatic carbocycles. The van der Waals surface area contributed by atoms with Crippen molar-refractivity contribution in [1.82, 2.24) is 14.9 Å². The van der Waals surface area contributed by atoms with Crippen LogP contribution in [0.3, 0.4) is 0 Å². The molecule has 0 saturated carbocycles. The zero-order valence-electron chi connectivity index (χ0n) is 21.4. The van der Waals surface area contributed by atoms with Crippen LogP contribution in [-0.4, -0.2) is 83.4 Å². The van der Waals surface area contributed by atoms with Crippen molar-refractivity contribution < 1.29 is 19.4 Å². The summed E-state index contributed by atoms with van der Waals surface area (Å²) in [5.74, 6) is -0.342. The summed E-state index contributed by atoms with van der Waals surface area (Å²) >= 11 is 0. The smallest absolute Gasteiger partial charge is 0.341 e. The van der Waals surface area contributed by atoms with Crippen molar-refractivity contribution in [1.29, 1.82) is 0 Å². The van der Waals surface area contributed by atoms with Crippen molar-refractivity contribution in [2.24, 2.45) is 10.7 Å². The third kappa shape index (κ3) is 6.57. The molecular weight excluding hydrogens is 498 g/mol. The van der Waals surface area contributed by atoms with Gasteiger partial charge in [0, 0.05) is 51.0 Å². The number of anilines is 2. The number of benzene rings is 2. The van der Waals surface area contributed by atoms with E-state index in [1.54, 1.807) is 30.5 Å². The zero-order chi connectivity index (χ0) is 27.2. The van der Waals surface area contributed by atoms with Gasteiger partial charge >= 0.3 is 5.97 Å². The maximum Gasteiger partial charge on any atom is 0.341 e. The molecule has 2 atom stereocenters. The first-order valence-corrected chi connectivity index (χ1v) is 12.9. The van der Waals surface area contributed by atoms with Crippen molar-refractivity contribution in [3.8, 4) is 5.75 Å². The van der Waals surface area contributed by atoms with Gasteiger partial charge in [-0.05, 0) is 24.1 Å². The molecule has 0 aliphatic carbocycles. The minimum Gasteiger partial charge on any atom is -0.482 e. The highest BCUT2D eigenvalue weighted by molar-refractivity contribution is 6.13. The summed E-state index contributed by atoms with van der Waals surface area (Å²) in [6.07, 6.45) is 3.88. The summed E-state index contributed by atoms with van der Waals surface area (Å²) in [7, 11) is 0. The van der Waals surface area contributed by atoms with Gasteiger partial charge in [-0.25, -0.2) is 14.8 Å². The number of aromatic nitrogens is 2. The molecule has 11 nitrogen and oxygen atoms in total. The van der Waals surface area contributed by atoms with Gasteiger partial charge in [-0.3, -0.25) is 14.7 Å². The van der Waals surface area contributed by atoms with E-state index in [1.807, 2.05) is 18.2 Å². The number of hydrogen-bond donors (Lipinski definition) is 3. The first-order chi connectivity index (χ1) is 19.0. The van der Waals surface area contributed by atoms with Gasteiger partial charge in [-0.15, -0.1) is 0 Å². The third-order valence-corrected chi connectivity index (χ3v) is 6.76. The van der Waals surface area contributed by atoms with Gasteiger partial charge in [0.25, 0.3) is 0 Å². The quantitative estimate of drug-likeness (QED) is 0.336. The Bertz CT molecular complexity index is 1340. The van der Waals surface area contributed by atoms with Crippen molar-refractivity contribution in [3.63, 3.8) is 0 Å². The van der Waals surface area contributed by atoms with Crippen molar-refractivity contribution in [2.75, 3.05) is 49.5 Å². The Kier molecular flexibility index (Phi) is 8.09. The van der Waals surface area contributed by atoms with E-state index in [1.165, 1.54) is 11.9 Å². The molecule has 1 saturated heterocycles. The molecule has 202 valence electrons. The fourth-order valence-corrected chi connectivity index (χ4v) is 4.91. The molecule has 3 heterocycles. The number of hydrogen-bond acceptors (Lipinski definition) is 9. The molecule has 1 amide bonds. The molecule has 3 aromatic rings. The zero-order valence-corrected chi connectivity index (χ0v) is 21.4. The number of ether oxygens (including phenoxy) is 1. The maximum absolute atomic E-state index is 12.9. The fraction of sp³-hybridized carbons (Fsp3) is 0.321. The Morgan fingerprint density at radius 3 is 2.72 bits per heavy atom. The lowest BCUT2D eigenvalue weighted by Crippen LogP contribution is -2.50. The van der Waals surface area contributed by atoms with E-state index in [0.717, 1.165) is 45.0 Å². The van der Waals surface area contributed by atoms with Crippen LogP contribution in [0.5, 0.6) is 5.75 Å². The first kappa shape index (κ1) is 26.3. The van der Waals surface area contributed by atoms with Crippen molar-refractivity contribution in [2.45, 2.75) is 18.4 Å². The second kappa shape index (κ2) is 12.0. The Balaban J connectivity index is 1.24. The highest BCUT2D eigenvalue weighted by Gasteiger charge is 2.36. The summed E-state index contributed by atoms with van der Waals surface area (Å²) in [5.41, 5.74) is 8.93. The molecule has 39 heavy (non-hydrogen) atoms. The van der Waals surface area contributed by atoms with Gasteiger partial charge in [0.2, 0.25) is 5.91 Å². The van der Waals surface area contributed by atoms with Crippen LogP contribution in [0.4, 0.5) is 17.3 Å². The molecule has 1 aromatic heterocycles. The van der Waals surface area contributed by atoms with E-state index in [0.29, 0.717) is 22.8 Å². The largest absolute Gasteiger partial charge is 0.482 e. The van der Waals surface area contributed by atoms with Crippen LogP contribution >= 0.6 is 0 Å².